The summed E-state index contributed by atoms with van der Waals surface area (Å²) in [6.45, 7) is 0.368. The Balaban J connectivity index is 2.14. The number of hydrogen-bond acceptors (Lipinski definition) is 4. The van der Waals surface area contributed by atoms with Crippen LogP contribution >= 0.6 is 0 Å². The highest BCUT2D eigenvalue weighted by Gasteiger charge is 2.10. The van der Waals surface area contributed by atoms with Gasteiger partial charge in [-0.3, -0.25) is 4.98 Å². The highest BCUT2D eigenvalue weighted by atomic mass is 19.1. The van der Waals surface area contributed by atoms with E-state index in [4.69, 9.17) is 0 Å². The van der Waals surface area contributed by atoms with Crippen molar-refractivity contribution in [3.8, 4) is 0 Å². The molecule has 6 heteroatoms. The van der Waals surface area contributed by atoms with Crippen LogP contribution < -0.4 is 10.6 Å². The summed E-state index contributed by atoms with van der Waals surface area (Å²) in [4.78, 5) is 7.75. The Labute approximate surface area is 103 Å². The van der Waals surface area contributed by atoms with Gasteiger partial charge in [-0.05, 0) is 11.6 Å². The summed E-state index contributed by atoms with van der Waals surface area (Å²) in [6.07, 6.45) is 3.31. The van der Waals surface area contributed by atoms with E-state index < -0.39 is 11.6 Å². The van der Waals surface area contributed by atoms with Gasteiger partial charge in [-0.25, -0.2) is 13.8 Å². The van der Waals surface area contributed by atoms with Gasteiger partial charge in [0.05, 0.1) is 0 Å². The zero-order chi connectivity index (χ0) is 13.0. The Kier molecular flexibility index (Phi) is 3.66. The summed E-state index contributed by atoms with van der Waals surface area (Å²) in [5.74, 6) is -1.44. The fourth-order valence-electron chi connectivity index (χ4n) is 1.45. The number of pyridine rings is 2. The van der Waals surface area contributed by atoms with Crippen molar-refractivity contribution in [1.29, 1.82) is 0 Å². The van der Waals surface area contributed by atoms with Crippen LogP contribution in [-0.2, 0) is 6.54 Å². The molecule has 0 unspecified atom stereocenters. The van der Waals surface area contributed by atoms with Gasteiger partial charge in [0, 0.05) is 32.1 Å². The van der Waals surface area contributed by atoms with Crippen molar-refractivity contribution in [2.24, 2.45) is 0 Å². The van der Waals surface area contributed by atoms with Gasteiger partial charge in [0.1, 0.15) is 0 Å². The van der Waals surface area contributed by atoms with Gasteiger partial charge in [-0.15, -0.1) is 0 Å². The predicted molar refractivity (Wildman–Crippen MR) is 65.3 cm³/mol. The molecule has 0 aliphatic carbocycles. The third kappa shape index (κ3) is 2.71. The van der Waals surface area contributed by atoms with E-state index in [2.05, 4.69) is 20.6 Å². The molecule has 0 fully saturated rings. The molecule has 0 saturated heterocycles. The first-order chi connectivity index (χ1) is 8.70. The molecular formula is C12H12F2N4. The Morgan fingerprint density at radius 1 is 1.22 bits per heavy atom. The van der Waals surface area contributed by atoms with Gasteiger partial charge >= 0.3 is 0 Å². The highest BCUT2D eigenvalue weighted by Crippen LogP contribution is 2.18. The van der Waals surface area contributed by atoms with E-state index >= 15 is 0 Å². The molecule has 0 amide bonds. The van der Waals surface area contributed by atoms with E-state index in [1.54, 1.807) is 18.5 Å². The predicted octanol–water partition coefficient (Wildman–Crippen LogP) is 2.41. The van der Waals surface area contributed by atoms with Crippen LogP contribution in [0.25, 0.3) is 0 Å². The Morgan fingerprint density at radius 2 is 2.00 bits per heavy atom. The number of aromatic nitrogens is 2. The third-order valence-corrected chi connectivity index (χ3v) is 2.35. The fraction of sp³-hybridized carbons (Fsp3) is 0.167. The van der Waals surface area contributed by atoms with Crippen molar-refractivity contribution in [3.05, 3.63) is 47.8 Å². The molecule has 0 aliphatic rings. The monoisotopic (exact) mass is 250 g/mol. The summed E-state index contributed by atoms with van der Waals surface area (Å²) < 4.78 is 26.7. The molecule has 0 saturated carbocycles. The molecule has 94 valence electrons. The highest BCUT2D eigenvalue weighted by molar-refractivity contribution is 5.47. The van der Waals surface area contributed by atoms with E-state index in [1.807, 2.05) is 6.07 Å². The minimum Gasteiger partial charge on any atom is -0.371 e. The summed E-state index contributed by atoms with van der Waals surface area (Å²) >= 11 is 0. The minimum absolute atomic E-state index is 0.00426. The lowest BCUT2D eigenvalue weighted by Gasteiger charge is -2.09. The number of halogens is 2. The molecule has 2 aromatic heterocycles. The van der Waals surface area contributed by atoms with E-state index in [0.29, 0.717) is 6.54 Å². The van der Waals surface area contributed by atoms with Crippen molar-refractivity contribution >= 4 is 11.6 Å². The summed E-state index contributed by atoms with van der Waals surface area (Å²) in [5.41, 5.74) is 0.883. The van der Waals surface area contributed by atoms with Crippen LogP contribution in [0.1, 0.15) is 5.56 Å². The Morgan fingerprint density at radius 3 is 2.67 bits per heavy atom. The van der Waals surface area contributed by atoms with Crippen LogP contribution in [0.3, 0.4) is 0 Å². The first-order valence-electron chi connectivity index (χ1n) is 5.37. The lowest BCUT2D eigenvalue weighted by molar-refractivity contribution is 0.578. The molecule has 4 nitrogen and oxygen atoms in total. The van der Waals surface area contributed by atoms with Crippen molar-refractivity contribution in [3.63, 3.8) is 0 Å². The molecule has 0 aliphatic heterocycles. The molecule has 0 bridgehead atoms. The van der Waals surface area contributed by atoms with Gasteiger partial charge in [0.2, 0.25) is 0 Å². The summed E-state index contributed by atoms with van der Waals surface area (Å²) in [5, 5.41) is 5.35. The van der Waals surface area contributed by atoms with Crippen LogP contribution in [0, 0.1) is 11.6 Å². The molecule has 2 rings (SSSR count). The molecule has 0 atom stereocenters. The number of nitrogens with zero attached hydrogens (tertiary/aromatic N) is 2. The maximum atomic E-state index is 13.5. The normalized spacial score (nSPS) is 10.2. The minimum atomic E-state index is -0.726. The molecule has 2 aromatic rings. The number of anilines is 2. The molecule has 0 aromatic carbocycles. The molecule has 0 spiro atoms. The summed E-state index contributed by atoms with van der Waals surface area (Å²) in [6, 6.07) is 4.43. The number of nitrogens with one attached hydrogen (secondary N) is 2. The van der Waals surface area contributed by atoms with E-state index in [0.717, 1.165) is 11.6 Å². The smallest absolute Gasteiger partial charge is 0.168 e. The second kappa shape index (κ2) is 5.39. The third-order valence-electron chi connectivity index (χ3n) is 2.35. The molecule has 18 heavy (non-hydrogen) atoms. The van der Waals surface area contributed by atoms with Gasteiger partial charge in [-0.2, -0.15) is 0 Å². The van der Waals surface area contributed by atoms with Crippen LogP contribution in [0.15, 0.2) is 30.6 Å². The first-order valence-corrected chi connectivity index (χ1v) is 5.37. The lowest BCUT2D eigenvalue weighted by Crippen LogP contribution is -2.07. The quantitative estimate of drug-likeness (QED) is 0.874. The SMILES string of the molecule is CNc1nc(NCc2cccnc2)c(F)cc1F. The van der Waals surface area contributed by atoms with E-state index in [-0.39, 0.29) is 11.6 Å². The van der Waals surface area contributed by atoms with Crippen LogP contribution in [0.2, 0.25) is 0 Å². The number of rotatable bonds is 4. The number of hydrogen-bond donors (Lipinski definition) is 2. The zero-order valence-electron chi connectivity index (χ0n) is 9.74. The Hall–Kier alpha value is -2.24. The van der Waals surface area contributed by atoms with E-state index in [9.17, 15) is 8.78 Å². The lowest BCUT2D eigenvalue weighted by atomic mass is 10.3. The molecular weight excluding hydrogens is 238 g/mol. The molecule has 0 radical (unpaired) electrons. The van der Waals surface area contributed by atoms with Crippen LogP contribution in [0.4, 0.5) is 20.4 Å². The fourth-order valence-corrected chi connectivity index (χ4v) is 1.45. The molecule has 2 heterocycles. The topological polar surface area (TPSA) is 49.8 Å². The second-order valence-electron chi connectivity index (χ2n) is 3.61. The van der Waals surface area contributed by atoms with Crippen molar-refractivity contribution in [2.45, 2.75) is 6.54 Å². The van der Waals surface area contributed by atoms with Crippen LogP contribution in [0.5, 0.6) is 0 Å². The van der Waals surface area contributed by atoms with Crippen molar-refractivity contribution < 1.29 is 8.78 Å². The van der Waals surface area contributed by atoms with Gasteiger partial charge in [-0.1, -0.05) is 6.07 Å². The van der Waals surface area contributed by atoms with Gasteiger partial charge in [0.25, 0.3) is 0 Å². The van der Waals surface area contributed by atoms with Gasteiger partial charge in [0.15, 0.2) is 23.3 Å². The molecule has 2 N–H and O–H groups in total. The second-order valence-corrected chi connectivity index (χ2v) is 3.61. The summed E-state index contributed by atoms with van der Waals surface area (Å²) in [7, 11) is 1.52. The maximum absolute atomic E-state index is 13.5. The largest absolute Gasteiger partial charge is 0.371 e. The Bertz CT molecular complexity index is 531. The van der Waals surface area contributed by atoms with Gasteiger partial charge < -0.3 is 10.6 Å². The maximum Gasteiger partial charge on any atom is 0.168 e. The van der Waals surface area contributed by atoms with Crippen molar-refractivity contribution in [2.75, 3.05) is 17.7 Å². The average molecular weight is 250 g/mol. The van der Waals surface area contributed by atoms with E-state index in [1.165, 1.54) is 7.05 Å². The van der Waals surface area contributed by atoms with Crippen LogP contribution in [-0.4, -0.2) is 17.0 Å². The first kappa shape index (κ1) is 12.2. The average Bonchev–Trinajstić information content (AvgIpc) is 2.39. The van der Waals surface area contributed by atoms with Crippen molar-refractivity contribution in [1.82, 2.24) is 9.97 Å². The zero-order valence-corrected chi connectivity index (χ0v) is 9.74. The standard InChI is InChI=1S/C12H12F2N4/c1-15-11-9(13)5-10(14)12(18-11)17-7-8-3-2-4-16-6-8/h2-6H,7H2,1H3,(H2,15,17,18).